The molecule has 1 aliphatic heterocycles. The largest absolute Gasteiger partial charge is 0.279 e. The Kier molecular flexibility index (Phi) is 5.08. The first kappa shape index (κ1) is 14.8. The summed E-state index contributed by atoms with van der Waals surface area (Å²) in [5, 5.41) is 0.886. The fraction of sp³-hybridized carbons (Fsp3) is 1.00. The third-order valence-electron chi connectivity index (χ3n) is 4.24. The van der Waals surface area contributed by atoms with Gasteiger partial charge in [-0.2, -0.15) is 17.4 Å². The molecule has 1 aliphatic carbocycles. The van der Waals surface area contributed by atoms with Gasteiger partial charge in [-0.3, -0.25) is 0 Å². The van der Waals surface area contributed by atoms with Gasteiger partial charge in [0.15, 0.2) is 0 Å². The van der Waals surface area contributed by atoms with E-state index in [0.29, 0.717) is 24.9 Å². The van der Waals surface area contributed by atoms with Gasteiger partial charge in [-0.05, 0) is 37.5 Å². The van der Waals surface area contributed by atoms with Crippen molar-refractivity contribution < 1.29 is 8.42 Å². The summed E-state index contributed by atoms with van der Waals surface area (Å²) in [6.45, 7) is 3.53. The summed E-state index contributed by atoms with van der Waals surface area (Å²) < 4.78 is 29.1. The molecule has 6 heteroatoms. The van der Waals surface area contributed by atoms with E-state index < -0.39 is 10.2 Å². The molecule has 0 aromatic heterocycles. The molecular formula is C12H23BrN2O2S. The average Bonchev–Trinajstić information content (AvgIpc) is 2.76. The van der Waals surface area contributed by atoms with E-state index in [1.54, 1.807) is 4.31 Å². The van der Waals surface area contributed by atoms with Gasteiger partial charge in [-0.25, -0.2) is 0 Å². The molecule has 0 radical (unpaired) electrons. The molecule has 18 heavy (non-hydrogen) atoms. The molecule has 2 aliphatic rings. The lowest BCUT2D eigenvalue weighted by Gasteiger charge is -2.31. The second-order valence-electron chi connectivity index (χ2n) is 5.66. The summed E-state index contributed by atoms with van der Waals surface area (Å²) in [5.41, 5.74) is 0. The monoisotopic (exact) mass is 338 g/mol. The maximum atomic E-state index is 12.3. The predicted molar refractivity (Wildman–Crippen MR) is 76.9 cm³/mol. The molecule has 1 saturated carbocycles. The smallest absolute Gasteiger partial charge is 0.199 e. The molecule has 0 aromatic carbocycles. The number of alkyl halides is 1. The van der Waals surface area contributed by atoms with Crippen LogP contribution in [-0.2, 0) is 10.2 Å². The van der Waals surface area contributed by atoms with Crippen LogP contribution >= 0.6 is 15.9 Å². The molecule has 2 fully saturated rings. The van der Waals surface area contributed by atoms with E-state index in [-0.39, 0.29) is 6.04 Å². The molecule has 0 amide bonds. The first-order chi connectivity index (χ1) is 8.53. The summed E-state index contributed by atoms with van der Waals surface area (Å²) in [7, 11) is -3.27. The lowest BCUT2D eigenvalue weighted by Crippen LogP contribution is -2.49. The standard InChI is InChI=1S/C12H23BrN2O2S/c1-10-5-7-15(8-6-10)18(16,17)14-12-4-2-3-11(12)9-13/h10-12,14H,2-9H2,1H3. The summed E-state index contributed by atoms with van der Waals surface area (Å²) in [6.07, 6.45) is 5.18. The number of piperidine rings is 1. The van der Waals surface area contributed by atoms with Crippen molar-refractivity contribution in [3.05, 3.63) is 0 Å². The molecule has 2 rings (SSSR count). The highest BCUT2D eigenvalue weighted by Crippen LogP contribution is 2.28. The van der Waals surface area contributed by atoms with E-state index in [1.165, 1.54) is 0 Å². The Hall–Kier alpha value is 0.350. The maximum absolute atomic E-state index is 12.3. The molecule has 106 valence electrons. The summed E-state index contributed by atoms with van der Waals surface area (Å²) in [4.78, 5) is 0. The second kappa shape index (κ2) is 6.20. The van der Waals surface area contributed by atoms with Crippen molar-refractivity contribution in [2.24, 2.45) is 11.8 Å². The Morgan fingerprint density at radius 1 is 1.22 bits per heavy atom. The van der Waals surface area contributed by atoms with Gasteiger partial charge in [-0.1, -0.05) is 29.3 Å². The fourth-order valence-electron chi connectivity index (χ4n) is 2.87. The van der Waals surface area contributed by atoms with Gasteiger partial charge in [0.1, 0.15) is 0 Å². The Morgan fingerprint density at radius 3 is 2.50 bits per heavy atom. The van der Waals surface area contributed by atoms with Gasteiger partial charge < -0.3 is 0 Å². The van der Waals surface area contributed by atoms with Gasteiger partial charge in [0.25, 0.3) is 10.2 Å². The second-order valence-corrected chi connectivity index (χ2v) is 8.01. The van der Waals surface area contributed by atoms with Crippen LogP contribution in [0.2, 0.25) is 0 Å². The van der Waals surface area contributed by atoms with Crippen LogP contribution in [0.15, 0.2) is 0 Å². The minimum atomic E-state index is -3.27. The first-order valence-corrected chi connectivity index (χ1v) is 9.42. The van der Waals surface area contributed by atoms with Crippen LogP contribution in [-0.4, -0.2) is 37.2 Å². The SMILES string of the molecule is CC1CCN(S(=O)(=O)NC2CCCC2CBr)CC1. The van der Waals surface area contributed by atoms with Crippen molar-refractivity contribution >= 4 is 26.1 Å². The van der Waals surface area contributed by atoms with Crippen LogP contribution in [0.25, 0.3) is 0 Å². The topological polar surface area (TPSA) is 49.4 Å². The quantitative estimate of drug-likeness (QED) is 0.798. The van der Waals surface area contributed by atoms with E-state index in [4.69, 9.17) is 0 Å². The highest BCUT2D eigenvalue weighted by Gasteiger charge is 2.33. The number of nitrogens with one attached hydrogen (secondary N) is 1. The summed E-state index contributed by atoms with van der Waals surface area (Å²) >= 11 is 3.48. The van der Waals surface area contributed by atoms with E-state index in [0.717, 1.165) is 37.4 Å². The molecule has 1 heterocycles. The van der Waals surface area contributed by atoms with Gasteiger partial charge in [0.05, 0.1) is 0 Å². The molecule has 0 spiro atoms. The lowest BCUT2D eigenvalue weighted by atomic mass is 10.0. The highest BCUT2D eigenvalue weighted by molar-refractivity contribution is 9.09. The van der Waals surface area contributed by atoms with Crippen LogP contribution in [0.3, 0.4) is 0 Å². The molecule has 0 bridgehead atoms. The van der Waals surface area contributed by atoms with Crippen molar-refractivity contribution in [1.82, 2.24) is 9.03 Å². The van der Waals surface area contributed by atoms with E-state index in [2.05, 4.69) is 27.6 Å². The number of halogens is 1. The molecule has 2 unspecified atom stereocenters. The Morgan fingerprint density at radius 2 is 1.89 bits per heavy atom. The van der Waals surface area contributed by atoms with Gasteiger partial charge in [-0.15, -0.1) is 0 Å². The molecule has 1 saturated heterocycles. The molecular weight excluding hydrogens is 316 g/mol. The average molecular weight is 339 g/mol. The zero-order chi connectivity index (χ0) is 13.2. The van der Waals surface area contributed by atoms with Crippen molar-refractivity contribution in [2.45, 2.75) is 45.1 Å². The first-order valence-electron chi connectivity index (χ1n) is 6.86. The fourth-order valence-corrected chi connectivity index (χ4v) is 5.18. The van der Waals surface area contributed by atoms with Gasteiger partial charge >= 0.3 is 0 Å². The predicted octanol–water partition coefficient (Wildman–Crippen LogP) is 2.12. The van der Waals surface area contributed by atoms with Crippen LogP contribution in [0.1, 0.15) is 39.0 Å². The molecule has 0 aromatic rings. The van der Waals surface area contributed by atoms with Crippen LogP contribution < -0.4 is 4.72 Å². The van der Waals surface area contributed by atoms with Crippen LogP contribution in [0.4, 0.5) is 0 Å². The van der Waals surface area contributed by atoms with Crippen molar-refractivity contribution in [3.8, 4) is 0 Å². The zero-order valence-corrected chi connectivity index (χ0v) is 13.3. The van der Waals surface area contributed by atoms with Gasteiger partial charge in [0, 0.05) is 24.5 Å². The van der Waals surface area contributed by atoms with Gasteiger partial charge in [0.2, 0.25) is 0 Å². The number of rotatable bonds is 4. The number of hydrogen-bond donors (Lipinski definition) is 1. The molecule has 1 N–H and O–H groups in total. The minimum absolute atomic E-state index is 0.119. The maximum Gasteiger partial charge on any atom is 0.279 e. The Labute approximate surface area is 119 Å². The minimum Gasteiger partial charge on any atom is -0.199 e. The number of nitrogens with zero attached hydrogens (tertiary/aromatic N) is 1. The zero-order valence-electron chi connectivity index (χ0n) is 10.9. The van der Waals surface area contributed by atoms with Crippen molar-refractivity contribution in [2.75, 3.05) is 18.4 Å². The van der Waals surface area contributed by atoms with Crippen LogP contribution in [0, 0.1) is 11.8 Å². The van der Waals surface area contributed by atoms with E-state index in [1.807, 2.05) is 0 Å². The van der Waals surface area contributed by atoms with Crippen LogP contribution in [0.5, 0.6) is 0 Å². The number of hydrogen-bond acceptors (Lipinski definition) is 2. The normalized spacial score (nSPS) is 31.9. The summed E-state index contributed by atoms with van der Waals surface area (Å²) in [6, 6.07) is 0.119. The Balaban J connectivity index is 1.94. The van der Waals surface area contributed by atoms with E-state index in [9.17, 15) is 8.42 Å². The molecule has 4 nitrogen and oxygen atoms in total. The Bertz CT molecular complexity index is 366. The van der Waals surface area contributed by atoms with Crippen molar-refractivity contribution in [1.29, 1.82) is 0 Å². The summed E-state index contributed by atoms with van der Waals surface area (Å²) in [5.74, 6) is 1.10. The lowest BCUT2D eigenvalue weighted by molar-refractivity contribution is 0.282. The highest BCUT2D eigenvalue weighted by atomic mass is 79.9. The third kappa shape index (κ3) is 3.46. The van der Waals surface area contributed by atoms with E-state index >= 15 is 0 Å². The van der Waals surface area contributed by atoms with Crippen molar-refractivity contribution in [3.63, 3.8) is 0 Å². The molecule has 2 atom stereocenters. The third-order valence-corrected chi connectivity index (χ3v) is 6.72.